The molecule has 28 heavy (non-hydrogen) atoms. The average molecular weight is 387 g/mol. The van der Waals surface area contributed by atoms with E-state index in [1.807, 2.05) is 20.8 Å². The van der Waals surface area contributed by atoms with Crippen LogP contribution in [0.2, 0.25) is 0 Å². The van der Waals surface area contributed by atoms with Crippen LogP contribution in [0.4, 0.5) is 11.4 Å². The molecule has 3 amide bonds. The third-order valence-corrected chi connectivity index (χ3v) is 3.47. The zero-order chi connectivity index (χ0) is 20.7. The highest BCUT2D eigenvalue weighted by Crippen LogP contribution is 2.16. The van der Waals surface area contributed by atoms with E-state index in [0.29, 0.717) is 24.4 Å². The maximum Gasteiger partial charge on any atom is 0.274 e. The number of nitrogens with one attached hydrogen (secondary N) is 4. The van der Waals surface area contributed by atoms with Crippen LogP contribution in [-0.2, 0) is 9.53 Å². The highest BCUT2D eigenvalue weighted by molar-refractivity contribution is 6.08. The van der Waals surface area contributed by atoms with Gasteiger partial charge >= 0.3 is 0 Å². The molecule has 150 valence electrons. The van der Waals surface area contributed by atoms with Gasteiger partial charge in [0.2, 0.25) is 5.91 Å². The summed E-state index contributed by atoms with van der Waals surface area (Å²) in [6.45, 7) is 7.84. The van der Waals surface area contributed by atoms with Gasteiger partial charge in [-0.1, -0.05) is 6.07 Å². The molecule has 9 heteroatoms. The summed E-state index contributed by atoms with van der Waals surface area (Å²) in [7, 11) is 0. The maximum atomic E-state index is 12.5. The molecular formula is C19H25N5O4. The molecule has 9 nitrogen and oxygen atoms in total. The number of amides is 3. The van der Waals surface area contributed by atoms with Gasteiger partial charge in [-0.25, -0.2) is 0 Å². The predicted molar refractivity (Wildman–Crippen MR) is 105 cm³/mol. The van der Waals surface area contributed by atoms with Gasteiger partial charge < -0.3 is 20.7 Å². The van der Waals surface area contributed by atoms with Gasteiger partial charge in [-0.15, -0.1) is 0 Å². The van der Waals surface area contributed by atoms with Crippen LogP contribution >= 0.6 is 0 Å². The largest absolute Gasteiger partial charge is 0.374 e. The number of hydrogen-bond donors (Lipinski definition) is 4. The quantitative estimate of drug-likeness (QED) is 0.542. The number of aromatic amines is 1. The van der Waals surface area contributed by atoms with E-state index in [1.165, 1.54) is 13.1 Å². The van der Waals surface area contributed by atoms with Gasteiger partial charge in [0.15, 0.2) is 5.69 Å². The molecule has 0 saturated carbocycles. The molecule has 0 fully saturated rings. The average Bonchev–Trinajstić information content (AvgIpc) is 3.05. The second-order valence-electron chi connectivity index (χ2n) is 7.08. The molecule has 2 aromatic rings. The molecule has 1 heterocycles. The van der Waals surface area contributed by atoms with E-state index in [2.05, 4.69) is 26.1 Å². The second-order valence-corrected chi connectivity index (χ2v) is 7.08. The lowest BCUT2D eigenvalue weighted by molar-refractivity contribution is -0.114. The lowest BCUT2D eigenvalue weighted by atomic mass is 10.2. The van der Waals surface area contributed by atoms with Crippen LogP contribution in [0.25, 0.3) is 0 Å². The third-order valence-electron chi connectivity index (χ3n) is 3.47. The van der Waals surface area contributed by atoms with Crippen molar-refractivity contribution >= 4 is 29.1 Å². The van der Waals surface area contributed by atoms with Crippen LogP contribution in [-0.4, -0.2) is 46.7 Å². The minimum atomic E-state index is -0.432. The molecule has 0 spiro atoms. The fourth-order valence-electron chi connectivity index (χ4n) is 2.30. The van der Waals surface area contributed by atoms with E-state index >= 15 is 0 Å². The number of anilines is 2. The molecule has 0 aliphatic rings. The topological polar surface area (TPSA) is 125 Å². The van der Waals surface area contributed by atoms with E-state index in [-0.39, 0.29) is 22.9 Å². The zero-order valence-corrected chi connectivity index (χ0v) is 16.4. The van der Waals surface area contributed by atoms with Crippen molar-refractivity contribution < 1.29 is 19.1 Å². The van der Waals surface area contributed by atoms with Crippen molar-refractivity contribution in [3.05, 3.63) is 41.7 Å². The predicted octanol–water partition coefficient (Wildman–Crippen LogP) is 2.17. The normalized spacial score (nSPS) is 11.0. The minimum absolute atomic E-state index is 0.0714. The fourth-order valence-corrected chi connectivity index (χ4v) is 2.30. The first kappa shape index (κ1) is 21.1. The number of benzene rings is 1. The number of nitrogens with zero attached hydrogens (tertiary/aromatic N) is 1. The summed E-state index contributed by atoms with van der Waals surface area (Å²) < 4.78 is 5.55. The smallest absolute Gasteiger partial charge is 0.274 e. The minimum Gasteiger partial charge on any atom is -0.374 e. The lowest BCUT2D eigenvalue weighted by Gasteiger charge is -2.19. The van der Waals surface area contributed by atoms with E-state index < -0.39 is 11.8 Å². The molecule has 1 aromatic carbocycles. The summed E-state index contributed by atoms with van der Waals surface area (Å²) in [5.74, 6) is -1.10. The molecule has 1 aromatic heterocycles. The van der Waals surface area contributed by atoms with Gasteiger partial charge in [-0.05, 0) is 39.0 Å². The maximum absolute atomic E-state index is 12.5. The molecule has 0 radical (unpaired) electrons. The van der Waals surface area contributed by atoms with Crippen molar-refractivity contribution in [1.82, 2.24) is 15.5 Å². The summed E-state index contributed by atoms with van der Waals surface area (Å²) in [6.07, 6.45) is 1.43. The summed E-state index contributed by atoms with van der Waals surface area (Å²) in [4.78, 5) is 35.9. The Morgan fingerprint density at radius 1 is 1.14 bits per heavy atom. The number of hydrogen-bond acceptors (Lipinski definition) is 5. The number of rotatable bonds is 7. The van der Waals surface area contributed by atoms with Crippen LogP contribution in [0.1, 0.15) is 48.5 Å². The standard InChI is InChI=1S/C19H25N5O4/c1-12(25)22-14-7-5-6-13(10-14)17(26)23-15-11-21-24-16(15)18(27)20-8-9-28-19(2,3)4/h5-7,10-11H,8-9H2,1-4H3,(H,20,27)(H,21,24)(H,22,25)(H,23,26). The number of carbonyl (C=O) groups is 3. The monoisotopic (exact) mass is 387 g/mol. The van der Waals surface area contributed by atoms with E-state index in [1.54, 1.807) is 24.3 Å². The van der Waals surface area contributed by atoms with Crippen LogP contribution in [0.5, 0.6) is 0 Å². The number of carbonyl (C=O) groups excluding carboxylic acids is 3. The molecule has 0 aliphatic carbocycles. The van der Waals surface area contributed by atoms with Crippen LogP contribution in [0.3, 0.4) is 0 Å². The van der Waals surface area contributed by atoms with Crippen molar-refractivity contribution in [2.24, 2.45) is 0 Å². The van der Waals surface area contributed by atoms with Gasteiger partial charge in [0, 0.05) is 30.9 Å². The molecule has 0 unspecified atom stereocenters. The Labute approximate surface area is 163 Å². The van der Waals surface area contributed by atoms with Gasteiger partial charge in [0.1, 0.15) is 0 Å². The molecule has 2 rings (SSSR count). The van der Waals surface area contributed by atoms with Gasteiger partial charge in [0.25, 0.3) is 11.8 Å². The highest BCUT2D eigenvalue weighted by atomic mass is 16.5. The van der Waals surface area contributed by atoms with Crippen molar-refractivity contribution in [2.45, 2.75) is 33.3 Å². The number of ether oxygens (including phenoxy) is 1. The van der Waals surface area contributed by atoms with E-state index in [9.17, 15) is 14.4 Å². The molecule has 0 bridgehead atoms. The van der Waals surface area contributed by atoms with Crippen molar-refractivity contribution in [3.8, 4) is 0 Å². The van der Waals surface area contributed by atoms with Crippen molar-refractivity contribution in [2.75, 3.05) is 23.8 Å². The Balaban J connectivity index is 1.98. The SMILES string of the molecule is CC(=O)Nc1cccc(C(=O)Nc2c[nH]nc2C(=O)NCCOC(C)(C)C)c1. The summed E-state index contributed by atoms with van der Waals surface area (Å²) in [6, 6.07) is 6.47. The lowest BCUT2D eigenvalue weighted by Crippen LogP contribution is -2.31. The van der Waals surface area contributed by atoms with Crippen molar-refractivity contribution in [1.29, 1.82) is 0 Å². The summed E-state index contributed by atoms with van der Waals surface area (Å²) >= 11 is 0. The Morgan fingerprint density at radius 2 is 1.89 bits per heavy atom. The Bertz CT molecular complexity index is 854. The molecular weight excluding hydrogens is 362 g/mol. The van der Waals surface area contributed by atoms with Crippen LogP contribution < -0.4 is 16.0 Å². The highest BCUT2D eigenvalue weighted by Gasteiger charge is 2.18. The van der Waals surface area contributed by atoms with E-state index in [4.69, 9.17) is 4.74 Å². The van der Waals surface area contributed by atoms with Crippen molar-refractivity contribution in [3.63, 3.8) is 0 Å². The number of H-pyrrole nitrogens is 1. The van der Waals surface area contributed by atoms with Crippen LogP contribution in [0, 0.1) is 0 Å². The summed E-state index contributed by atoms with van der Waals surface area (Å²) in [5, 5.41) is 14.4. The first-order valence-corrected chi connectivity index (χ1v) is 8.80. The Kier molecular flexibility index (Phi) is 6.89. The molecule has 0 aliphatic heterocycles. The zero-order valence-electron chi connectivity index (χ0n) is 16.4. The van der Waals surface area contributed by atoms with Gasteiger partial charge in [-0.3, -0.25) is 19.5 Å². The molecule has 0 saturated heterocycles. The molecule has 0 atom stereocenters. The van der Waals surface area contributed by atoms with E-state index in [0.717, 1.165) is 0 Å². The van der Waals surface area contributed by atoms with Gasteiger partial charge in [-0.2, -0.15) is 5.10 Å². The number of aromatic nitrogens is 2. The fraction of sp³-hybridized carbons (Fsp3) is 0.368. The molecule has 4 N–H and O–H groups in total. The Hall–Kier alpha value is -3.20. The van der Waals surface area contributed by atoms with Crippen LogP contribution in [0.15, 0.2) is 30.5 Å². The first-order chi connectivity index (χ1) is 13.2. The third kappa shape index (κ3) is 6.51. The first-order valence-electron chi connectivity index (χ1n) is 8.80. The second kappa shape index (κ2) is 9.14. The summed E-state index contributed by atoms with van der Waals surface area (Å²) in [5.41, 5.74) is 0.870. The van der Waals surface area contributed by atoms with Gasteiger partial charge in [0.05, 0.1) is 17.9 Å². The Morgan fingerprint density at radius 3 is 2.57 bits per heavy atom.